The summed E-state index contributed by atoms with van der Waals surface area (Å²) in [4.78, 5) is 31.2. The molecule has 1 rings (SSSR count). The van der Waals surface area contributed by atoms with Crippen molar-refractivity contribution in [2.45, 2.75) is 51.3 Å². The van der Waals surface area contributed by atoms with Gasteiger partial charge in [0.05, 0.1) is 12.5 Å². The van der Waals surface area contributed by atoms with Crippen LogP contribution in [0.15, 0.2) is 0 Å². The number of carboxylic acid groups (broad SMARTS) is 2. The standard InChI is InChI=1S/C7H13NO4.C5H9NO2/c1-4(9)3-6(10)8-5(2)7(11)12;7-5(8)4-2-1-3-6-4/h4-5,9H,3H2,1-2H3,(H,8,10)(H,11,12);4,6H,1-3H2,(H,7,8)/t;4-/m.0/s1. The largest absolute Gasteiger partial charge is 0.480 e. The number of carbonyl (C=O) groups excluding carboxylic acids is 1. The Kier molecular flexibility index (Phi) is 8.49. The van der Waals surface area contributed by atoms with E-state index in [0.717, 1.165) is 19.4 Å². The van der Waals surface area contributed by atoms with Gasteiger partial charge in [-0.1, -0.05) is 0 Å². The Morgan fingerprint density at radius 3 is 2.20 bits per heavy atom. The first-order valence-corrected chi connectivity index (χ1v) is 6.40. The van der Waals surface area contributed by atoms with Gasteiger partial charge in [-0.15, -0.1) is 0 Å². The van der Waals surface area contributed by atoms with Crippen molar-refractivity contribution in [1.29, 1.82) is 0 Å². The molecule has 0 spiro atoms. The number of carboxylic acids is 2. The minimum Gasteiger partial charge on any atom is -0.480 e. The van der Waals surface area contributed by atoms with Crippen LogP contribution in [-0.2, 0) is 14.4 Å². The molecule has 0 aromatic carbocycles. The molecule has 1 heterocycles. The summed E-state index contributed by atoms with van der Waals surface area (Å²) in [7, 11) is 0. The quantitative estimate of drug-likeness (QED) is 0.446. The maximum absolute atomic E-state index is 10.8. The van der Waals surface area contributed by atoms with E-state index in [1.54, 1.807) is 0 Å². The van der Waals surface area contributed by atoms with Gasteiger partial charge in [0.2, 0.25) is 5.91 Å². The molecule has 8 nitrogen and oxygen atoms in total. The second-order valence-corrected chi connectivity index (χ2v) is 4.67. The molecular formula is C12H22N2O6. The molecule has 3 atom stereocenters. The molecule has 0 aromatic heterocycles. The molecule has 0 bridgehead atoms. The molecule has 1 fully saturated rings. The number of nitrogens with one attached hydrogen (secondary N) is 2. The highest BCUT2D eigenvalue weighted by atomic mass is 16.4. The molecular weight excluding hydrogens is 268 g/mol. The summed E-state index contributed by atoms with van der Waals surface area (Å²) < 4.78 is 0. The zero-order valence-corrected chi connectivity index (χ0v) is 11.6. The van der Waals surface area contributed by atoms with Gasteiger partial charge in [-0.05, 0) is 33.2 Å². The minimum absolute atomic E-state index is 0.0718. The lowest BCUT2D eigenvalue weighted by Crippen LogP contribution is -2.39. The summed E-state index contributed by atoms with van der Waals surface area (Å²) >= 11 is 0. The van der Waals surface area contributed by atoms with Crippen LogP contribution in [0.1, 0.15) is 33.1 Å². The van der Waals surface area contributed by atoms with E-state index < -0.39 is 30.0 Å². The Morgan fingerprint density at radius 2 is 1.90 bits per heavy atom. The van der Waals surface area contributed by atoms with Gasteiger partial charge < -0.3 is 26.0 Å². The van der Waals surface area contributed by atoms with Gasteiger partial charge in [-0.2, -0.15) is 0 Å². The fourth-order valence-electron chi connectivity index (χ4n) is 1.53. The molecule has 0 aliphatic carbocycles. The summed E-state index contributed by atoms with van der Waals surface area (Å²) in [6.07, 6.45) is 0.968. The number of hydrogen-bond acceptors (Lipinski definition) is 5. The van der Waals surface area contributed by atoms with Crippen molar-refractivity contribution in [2.75, 3.05) is 6.54 Å². The van der Waals surface area contributed by atoms with E-state index in [1.165, 1.54) is 13.8 Å². The van der Waals surface area contributed by atoms with Crippen LogP contribution in [0.3, 0.4) is 0 Å². The maximum atomic E-state index is 10.8. The molecule has 1 saturated heterocycles. The topological polar surface area (TPSA) is 136 Å². The van der Waals surface area contributed by atoms with Crippen molar-refractivity contribution in [3.05, 3.63) is 0 Å². The van der Waals surface area contributed by atoms with Crippen molar-refractivity contribution in [1.82, 2.24) is 10.6 Å². The predicted molar refractivity (Wildman–Crippen MR) is 70.2 cm³/mol. The van der Waals surface area contributed by atoms with E-state index in [9.17, 15) is 14.4 Å². The lowest BCUT2D eigenvalue weighted by atomic mass is 10.2. The summed E-state index contributed by atoms with van der Waals surface area (Å²) in [6, 6.07) is -1.17. The third-order valence-corrected chi connectivity index (χ3v) is 2.59. The van der Waals surface area contributed by atoms with Gasteiger partial charge in [0.25, 0.3) is 0 Å². The lowest BCUT2D eigenvalue weighted by Gasteiger charge is -2.09. The highest BCUT2D eigenvalue weighted by molar-refractivity contribution is 5.83. The summed E-state index contributed by atoms with van der Waals surface area (Å²) in [5.41, 5.74) is 0. The zero-order valence-electron chi connectivity index (χ0n) is 11.6. The number of amides is 1. The first-order valence-electron chi connectivity index (χ1n) is 6.40. The van der Waals surface area contributed by atoms with Crippen molar-refractivity contribution in [3.63, 3.8) is 0 Å². The molecule has 1 aliphatic heterocycles. The molecule has 0 aromatic rings. The smallest absolute Gasteiger partial charge is 0.325 e. The Labute approximate surface area is 117 Å². The normalized spacial score (nSPS) is 20.2. The third kappa shape index (κ3) is 8.44. The van der Waals surface area contributed by atoms with Crippen molar-refractivity contribution >= 4 is 17.8 Å². The molecule has 20 heavy (non-hydrogen) atoms. The van der Waals surface area contributed by atoms with Gasteiger partial charge in [-0.25, -0.2) is 0 Å². The molecule has 1 amide bonds. The number of aliphatic hydroxyl groups excluding tert-OH is 1. The fourth-order valence-corrected chi connectivity index (χ4v) is 1.53. The van der Waals surface area contributed by atoms with Crippen LogP contribution in [0, 0.1) is 0 Å². The Balaban J connectivity index is 0.000000388. The summed E-state index contributed by atoms with van der Waals surface area (Å²) in [5, 5.41) is 30.6. The highest BCUT2D eigenvalue weighted by Gasteiger charge is 2.20. The number of carbonyl (C=O) groups is 3. The van der Waals surface area contributed by atoms with Crippen LogP contribution in [0.25, 0.3) is 0 Å². The Bertz CT molecular complexity index is 339. The van der Waals surface area contributed by atoms with E-state index in [1.807, 2.05) is 0 Å². The first-order chi connectivity index (χ1) is 9.23. The Morgan fingerprint density at radius 1 is 1.30 bits per heavy atom. The van der Waals surface area contributed by atoms with Gasteiger partial charge in [0.1, 0.15) is 12.1 Å². The van der Waals surface area contributed by atoms with Gasteiger partial charge in [0, 0.05) is 0 Å². The average molecular weight is 290 g/mol. The van der Waals surface area contributed by atoms with E-state index in [4.69, 9.17) is 15.3 Å². The fraction of sp³-hybridized carbons (Fsp3) is 0.750. The van der Waals surface area contributed by atoms with E-state index >= 15 is 0 Å². The first kappa shape index (κ1) is 18.3. The van der Waals surface area contributed by atoms with Crippen LogP contribution in [0.2, 0.25) is 0 Å². The molecule has 5 N–H and O–H groups in total. The highest BCUT2D eigenvalue weighted by Crippen LogP contribution is 2.03. The molecule has 0 radical (unpaired) electrons. The molecule has 1 aliphatic rings. The number of aliphatic hydroxyl groups is 1. The maximum Gasteiger partial charge on any atom is 0.325 e. The number of aliphatic carboxylic acids is 2. The predicted octanol–water partition coefficient (Wildman–Crippen LogP) is -0.830. The van der Waals surface area contributed by atoms with E-state index in [2.05, 4.69) is 10.6 Å². The van der Waals surface area contributed by atoms with Gasteiger partial charge >= 0.3 is 11.9 Å². The third-order valence-electron chi connectivity index (χ3n) is 2.59. The minimum atomic E-state index is -1.09. The second kappa shape index (κ2) is 9.27. The van der Waals surface area contributed by atoms with E-state index in [0.29, 0.717) is 0 Å². The van der Waals surface area contributed by atoms with Gasteiger partial charge in [-0.3, -0.25) is 14.4 Å². The van der Waals surface area contributed by atoms with Crippen LogP contribution in [0.4, 0.5) is 0 Å². The van der Waals surface area contributed by atoms with Crippen LogP contribution >= 0.6 is 0 Å². The van der Waals surface area contributed by atoms with Crippen molar-refractivity contribution in [3.8, 4) is 0 Å². The van der Waals surface area contributed by atoms with Gasteiger partial charge in [0.15, 0.2) is 0 Å². The van der Waals surface area contributed by atoms with E-state index in [-0.39, 0.29) is 12.5 Å². The Hall–Kier alpha value is -1.67. The van der Waals surface area contributed by atoms with Crippen molar-refractivity contribution in [2.24, 2.45) is 0 Å². The van der Waals surface area contributed by atoms with Crippen LogP contribution in [0.5, 0.6) is 0 Å². The molecule has 116 valence electrons. The number of hydrogen-bond donors (Lipinski definition) is 5. The number of rotatable bonds is 5. The summed E-state index contributed by atoms with van der Waals surface area (Å²) in [6.45, 7) is 3.68. The lowest BCUT2D eigenvalue weighted by molar-refractivity contribution is -0.141. The van der Waals surface area contributed by atoms with Crippen LogP contribution in [-0.4, -0.2) is 57.9 Å². The second-order valence-electron chi connectivity index (χ2n) is 4.67. The SMILES string of the molecule is CC(O)CC(=O)NC(C)C(=O)O.O=C(O)[C@@H]1CCCN1. The van der Waals surface area contributed by atoms with Crippen molar-refractivity contribution < 1.29 is 29.7 Å². The van der Waals surface area contributed by atoms with Crippen LogP contribution < -0.4 is 10.6 Å². The molecule has 8 heteroatoms. The summed E-state index contributed by atoms with van der Waals surface area (Å²) in [5.74, 6) is -2.27. The average Bonchev–Trinajstić information content (AvgIpc) is 2.81. The monoisotopic (exact) mass is 290 g/mol. The zero-order chi connectivity index (χ0) is 15.7. The molecule has 0 saturated carbocycles. The molecule has 2 unspecified atom stereocenters.